The van der Waals surface area contributed by atoms with Gasteiger partial charge in [0, 0.05) is 67.2 Å². The number of H-pyrrole nitrogens is 1. The van der Waals surface area contributed by atoms with Crippen LogP contribution in [0.3, 0.4) is 0 Å². The summed E-state index contributed by atoms with van der Waals surface area (Å²) >= 11 is 0. The van der Waals surface area contributed by atoms with E-state index in [9.17, 15) is 10.1 Å². The van der Waals surface area contributed by atoms with Gasteiger partial charge in [-0.05, 0) is 43.9 Å². The lowest BCUT2D eigenvalue weighted by atomic mass is 9.79. The van der Waals surface area contributed by atoms with E-state index in [4.69, 9.17) is 14.7 Å². The van der Waals surface area contributed by atoms with E-state index in [1.165, 1.54) is 6.08 Å². The van der Waals surface area contributed by atoms with Crippen LogP contribution in [-0.4, -0.2) is 83.5 Å². The number of carbonyl (C=O) groups excluding carboxylic acids is 1. The van der Waals surface area contributed by atoms with Gasteiger partial charge in [0.15, 0.2) is 5.82 Å². The first kappa shape index (κ1) is 24.1. The minimum atomic E-state index is -0.0223. The Morgan fingerprint density at radius 3 is 2.69 bits per heavy atom. The monoisotopic (exact) mass is 524 g/mol. The number of hydrogen-bond acceptors (Lipinski definition) is 8. The van der Waals surface area contributed by atoms with Gasteiger partial charge in [-0.25, -0.2) is 4.98 Å². The van der Waals surface area contributed by atoms with E-state index in [0.717, 1.165) is 60.1 Å². The topological polar surface area (TPSA) is 114 Å². The molecule has 200 valence electrons. The van der Waals surface area contributed by atoms with Crippen molar-refractivity contribution in [3.8, 4) is 17.3 Å². The Bertz CT molecular complexity index is 1520. The second kappa shape index (κ2) is 9.06. The van der Waals surface area contributed by atoms with Crippen molar-refractivity contribution < 1.29 is 9.53 Å². The minimum Gasteiger partial charge on any atom is -0.378 e. The predicted molar refractivity (Wildman–Crippen MR) is 148 cm³/mol. The second-order valence-electron chi connectivity index (χ2n) is 11.4. The number of nitrogens with one attached hydrogen (secondary N) is 1. The summed E-state index contributed by atoms with van der Waals surface area (Å²) in [5.74, 6) is 1.76. The van der Waals surface area contributed by atoms with Crippen molar-refractivity contribution in [1.29, 1.82) is 5.26 Å². The Kier molecular flexibility index (Phi) is 5.60. The fourth-order valence-electron chi connectivity index (χ4n) is 6.49. The Morgan fingerprint density at radius 2 is 1.97 bits per heavy atom. The molecule has 3 aromatic rings. The van der Waals surface area contributed by atoms with Gasteiger partial charge in [-0.1, -0.05) is 12.6 Å². The maximum Gasteiger partial charge on any atom is 0.245 e. The Hall–Kier alpha value is -3.97. The molecule has 1 amide bonds. The first-order valence-corrected chi connectivity index (χ1v) is 13.8. The molecule has 4 fully saturated rings. The third kappa shape index (κ3) is 3.95. The molecule has 4 aliphatic rings. The fraction of sp³-hybridized carbons (Fsp3) is 0.483. The number of benzene rings is 1. The average molecular weight is 525 g/mol. The van der Waals surface area contributed by atoms with E-state index in [-0.39, 0.29) is 11.3 Å². The standard InChI is InChI=1S/C29H32N8O2/c1-3-22(38)37-16-29(17-37)8-9-36(15-29)27-20(14-30)26(31-28(32-27)35-10-12-39-13-11-35)23-18(2)4-7-21-24(23)25(34-33-21)19-5-6-19/h3-4,7,19H,1,5-6,8-13,15-17H2,2H3,(H,33,34). The maximum atomic E-state index is 12.1. The Morgan fingerprint density at radius 1 is 1.18 bits per heavy atom. The van der Waals surface area contributed by atoms with Crippen LogP contribution < -0.4 is 9.80 Å². The van der Waals surface area contributed by atoms with Crippen molar-refractivity contribution in [2.45, 2.75) is 32.1 Å². The van der Waals surface area contributed by atoms with Gasteiger partial charge >= 0.3 is 0 Å². The highest BCUT2D eigenvalue weighted by Gasteiger charge is 2.49. The number of aromatic amines is 1. The number of ether oxygens (including phenoxy) is 1. The highest BCUT2D eigenvalue weighted by Crippen LogP contribution is 2.47. The van der Waals surface area contributed by atoms with E-state index in [1.54, 1.807) is 0 Å². The second-order valence-corrected chi connectivity index (χ2v) is 11.4. The summed E-state index contributed by atoms with van der Waals surface area (Å²) in [6.07, 6.45) is 4.62. The number of aryl methyl sites for hydroxylation is 1. The number of fused-ring (bicyclic) bond motifs is 1. The van der Waals surface area contributed by atoms with Gasteiger partial charge in [-0.3, -0.25) is 9.89 Å². The molecule has 7 rings (SSSR count). The zero-order chi connectivity index (χ0) is 26.7. The lowest BCUT2D eigenvalue weighted by Crippen LogP contribution is -2.59. The number of carbonyl (C=O) groups is 1. The molecule has 39 heavy (non-hydrogen) atoms. The first-order chi connectivity index (χ1) is 19.0. The number of aromatic nitrogens is 4. The number of morpholine rings is 1. The summed E-state index contributed by atoms with van der Waals surface area (Å²) in [5, 5.41) is 19.6. The number of likely N-dealkylation sites (tertiary alicyclic amines) is 1. The fourth-order valence-corrected chi connectivity index (χ4v) is 6.49. The molecule has 0 bridgehead atoms. The van der Waals surface area contributed by atoms with E-state index >= 15 is 0 Å². The lowest BCUT2D eigenvalue weighted by Gasteiger charge is -2.47. The van der Waals surface area contributed by atoms with Crippen LogP contribution >= 0.6 is 0 Å². The Labute approximate surface area is 227 Å². The number of nitrogens with zero attached hydrogens (tertiary/aromatic N) is 7. The molecule has 5 heterocycles. The largest absolute Gasteiger partial charge is 0.378 e. The molecular weight excluding hydrogens is 492 g/mol. The van der Waals surface area contributed by atoms with Crippen molar-refractivity contribution in [3.05, 3.63) is 41.6 Å². The molecule has 0 atom stereocenters. The highest BCUT2D eigenvalue weighted by atomic mass is 16.5. The van der Waals surface area contributed by atoms with Gasteiger partial charge in [0.25, 0.3) is 0 Å². The molecule has 1 saturated carbocycles. The summed E-state index contributed by atoms with van der Waals surface area (Å²) in [7, 11) is 0. The smallest absolute Gasteiger partial charge is 0.245 e. The van der Waals surface area contributed by atoms with Crippen LogP contribution in [0.15, 0.2) is 24.8 Å². The van der Waals surface area contributed by atoms with Gasteiger partial charge in [-0.2, -0.15) is 15.3 Å². The first-order valence-electron chi connectivity index (χ1n) is 13.8. The molecule has 1 aromatic carbocycles. The molecule has 0 unspecified atom stereocenters. The third-order valence-electron chi connectivity index (χ3n) is 8.74. The zero-order valence-electron chi connectivity index (χ0n) is 22.2. The summed E-state index contributed by atoms with van der Waals surface area (Å²) in [6, 6.07) is 6.61. The minimum absolute atomic E-state index is 0.0223. The van der Waals surface area contributed by atoms with Gasteiger partial charge < -0.3 is 19.4 Å². The van der Waals surface area contributed by atoms with Crippen LogP contribution in [-0.2, 0) is 9.53 Å². The van der Waals surface area contributed by atoms with Gasteiger partial charge in [0.2, 0.25) is 11.9 Å². The van der Waals surface area contributed by atoms with Crippen LogP contribution in [0, 0.1) is 23.7 Å². The summed E-state index contributed by atoms with van der Waals surface area (Å²) < 4.78 is 5.60. The van der Waals surface area contributed by atoms with Crippen LogP contribution in [0.4, 0.5) is 11.8 Å². The number of anilines is 2. The third-order valence-corrected chi connectivity index (χ3v) is 8.74. The molecule has 10 nitrogen and oxygen atoms in total. The highest BCUT2D eigenvalue weighted by molar-refractivity contribution is 6.00. The molecule has 1 aliphatic carbocycles. The zero-order valence-corrected chi connectivity index (χ0v) is 22.2. The summed E-state index contributed by atoms with van der Waals surface area (Å²) in [6.45, 7) is 11.3. The van der Waals surface area contributed by atoms with E-state index < -0.39 is 0 Å². The van der Waals surface area contributed by atoms with Crippen molar-refractivity contribution >= 4 is 28.6 Å². The SMILES string of the molecule is C=CC(=O)N1CC2(CCN(c3nc(N4CCOCC4)nc(-c4c(C)ccc5n[nH]c(C6CC6)c45)c3C#N)C2)C1. The van der Waals surface area contributed by atoms with Gasteiger partial charge in [0.1, 0.15) is 11.6 Å². The molecule has 0 radical (unpaired) electrons. The van der Waals surface area contributed by atoms with Crippen LogP contribution in [0.5, 0.6) is 0 Å². The molecule has 1 N–H and O–H groups in total. The normalized spacial score (nSPS) is 20.4. The van der Waals surface area contributed by atoms with E-state index in [0.29, 0.717) is 68.3 Å². The molecule has 3 saturated heterocycles. The number of amides is 1. The van der Waals surface area contributed by atoms with E-state index in [1.807, 2.05) is 11.0 Å². The maximum absolute atomic E-state index is 12.1. The molecule has 3 aliphatic heterocycles. The van der Waals surface area contributed by atoms with Crippen LogP contribution in [0.2, 0.25) is 0 Å². The van der Waals surface area contributed by atoms with Gasteiger partial charge in [0.05, 0.1) is 24.4 Å². The number of rotatable bonds is 5. The molecule has 2 aromatic heterocycles. The Balaban J connectivity index is 1.36. The molecule has 10 heteroatoms. The average Bonchev–Trinajstić information content (AvgIpc) is 3.54. The quantitative estimate of drug-likeness (QED) is 0.507. The van der Waals surface area contributed by atoms with E-state index in [2.05, 4.69) is 45.6 Å². The summed E-state index contributed by atoms with van der Waals surface area (Å²) in [4.78, 5) is 28.5. The van der Waals surface area contributed by atoms with Crippen molar-refractivity contribution in [2.24, 2.45) is 5.41 Å². The van der Waals surface area contributed by atoms with Crippen molar-refractivity contribution in [3.63, 3.8) is 0 Å². The predicted octanol–water partition coefficient (Wildman–Crippen LogP) is 3.14. The lowest BCUT2D eigenvalue weighted by molar-refractivity contribution is -0.136. The number of nitriles is 1. The number of hydrogen-bond donors (Lipinski definition) is 1. The molecule has 1 spiro atoms. The van der Waals surface area contributed by atoms with Crippen molar-refractivity contribution in [1.82, 2.24) is 25.1 Å². The molecular formula is C29H32N8O2. The summed E-state index contributed by atoms with van der Waals surface area (Å²) in [5.41, 5.74) is 5.27. The van der Waals surface area contributed by atoms with Crippen LogP contribution in [0.1, 0.15) is 42.0 Å². The van der Waals surface area contributed by atoms with Gasteiger partial charge in [-0.15, -0.1) is 0 Å². The van der Waals surface area contributed by atoms with Crippen molar-refractivity contribution in [2.75, 3.05) is 62.3 Å². The van der Waals surface area contributed by atoms with Crippen LogP contribution in [0.25, 0.3) is 22.2 Å².